The molecule has 7 nitrogen and oxygen atoms in total. The number of carboxylic acids is 1. The van der Waals surface area contributed by atoms with Gasteiger partial charge < -0.3 is 19.6 Å². The van der Waals surface area contributed by atoms with Crippen LogP contribution < -0.4 is 4.90 Å². The van der Waals surface area contributed by atoms with Gasteiger partial charge in [-0.15, -0.1) is 0 Å². The molecule has 158 valence electrons. The summed E-state index contributed by atoms with van der Waals surface area (Å²) in [5.74, 6) is -0.205. The molecular weight excluding hydrogens is 380 g/mol. The van der Waals surface area contributed by atoms with Gasteiger partial charge in [-0.05, 0) is 49.9 Å². The van der Waals surface area contributed by atoms with Crippen LogP contribution in [0.1, 0.15) is 36.1 Å². The summed E-state index contributed by atoms with van der Waals surface area (Å²) in [6.45, 7) is 9.39. The van der Waals surface area contributed by atoms with Gasteiger partial charge in [0.05, 0.1) is 16.6 Å². The van der Waals surface area contributed by atoms with Crippen LogP contribution in [0.4, 0.5) is 5.69 Å². The number of ether oxygens (including phenoxy) is 1. The number of carbonyl (C=O) groups is 1. The van der Waals surface area contributed by atoms with Crippen LogP contribution in [0.15, 0.2) is 42.5 Å². The fourth-order valence-electron chi connectivity index (χ4n) is 4.03. The smallest absolute Gasteiger partial charge is 0.335 e. The fraction of sp³-hybridized carbons (Fsp3) is 0.391. The molecule has 0 aliphatic carbocycles. The molecule has 0 amide bonds. The van der Waals surface area contributed by atoms with Crippen molar-refractivity contribution < 1.29 is 14.6 Å². The van der Waals surface area contributed by atoms with E-state index in [0.29, 0.717) is 5.52 Å². The van der Waals surface area contributed by atoms with E-state index >= 15 is 0 Å². The van der Waals surface area contributed by atoms with Gasteiger partial charge in [0.25, 0.3) is 0 Å². The Morgan fingerprint density at radius 3 is 2.53 bits per heavy atom. The number of piperazine rings is 1. The van der Waals surface area contributed by atoms with Gasteiger partial charge in [-0.25, -0.2) is 9.78 Å². The molecule has 4 rings (SSSR count). The van der Waals surface area contributed by atoms with E-state index in [2.05, 4.69) is 45.6 Å². The van der Waals surface area contributed by atoms with Gasteiger partial charge >= 0.3 is 5.97 Å². The van der Waals surface area contributed by atoms with Crippen molar-refractivity contribution in [3.8, 4) is 5.69 Å². The van der Waals surface area contributed by atoms with E-state index in [1.54, 1.807) is 19.2 Å². The highest BCUT2D eigenvalue weighted by Gasteiger charge is 2.21. The average molecular weight is 409 g/mol. The maximum absolute atomic E-state index is 11.4. The normalized spacial score (nSPS) is 16.2. The molecule has 2 heterocycles. The number of methoxy groups -OCH3 is 1. The number of carboxylic acid groups (broad SMARTS) is 1. The summed E-state index contributed by atoms with van der Waals surface area (Å²) < 4.78 is 7.63. The SMILES string of the molecule is CCN1CCN(c2cccc(-n3c(C(C)OC)nc4cc(C(=O)O)ccc43)c2)CC1. The summed E-state index contributed by atoms with van der Waals surface area (Å²) in [6, 6.07) is 13.5. The Kier molecular flexibility index (Phi) is 5.74. The highest BCUT2D eigenvalue weighted by Crippen LogP contribution is 2.29. The van der Waals surface area contributed by atoms with Crippen LogP contribution in [0.25, 0.3) is 16.7 Å². The van der Waals surface area contributed by atoms with Crippen LogP contribution in [-0.4, -0.2) is 65.4 Å². The minimum absolute atomic E-state index is 0.228. The van der Waals surface area contributed by atoms with Gasteiger partial charge in [-0.2, -0.15) is 0 Å². The molecule has 1 fully saturated rings. The van der Waals surface area contributed by atoms with Crippen LogP contribution >= 0.6 is 0 Å². The lowest BCUT2D eigenvalue weighted by Crippen LogP contribution is -2.46. The van der Waals surface area contributed by atoms with Gasteiger partial charge in [0.2, 0.25) is 0 Å². The molecule has 3 aromatic rings. The Balaban J connectivity index is 1.77. The summed E-state index contributed by atoms with van der Waals surface area (Å²) in [7, 11) is 1.65. The standard InChI is InChI=1S/C23H28N4O3/c1-4-25-10-12-26(13-11-25)18-6-5-7-19(15-18)27-21-9-8-17(23(28)29)14-20(21)24-22(27)16(2)30-3/h5-9,14-16H,4,10-13H2,1-3H3,(H,28,29). The first-order chi connectivity index (χ1) is 14.5. The molecule has 1 aromatic heterocycles. The topological polar surface area (TPSA) is 70.8 Å². The zero-order chi connectivity index (χ0) is 21.3. The van der Waals surface area contributed by atoms with E-state index in [4.69, 9.17) is 9.72 Å². The van der Waals surface area contributed by atoms with Crippen LogP contribution in [0, 0.1) is 0 Å². The molecule has 0 radical (unpaired) electrons. The highest BCUT2D eigenvalue weighted by molar-refractivity contribution is 5.93. The first-order valence-corrected chi connectivity index (χ1v) is 10.4. The van der Waals surface area contributed by atoms with E-state index < -0.39 is 5.97 Å². The van der Waals surface area contributed by atoms with E-state index in [0.717, 1.165) is 49.8 Å². The van der Waals surface area contributed by atoms with Crippen molar-refractivity contribution in [3.63, 3.8) is 0 Å². The average Bonchev–Trinajstić information content (AvgIpc) is 3.17. The van der Waals surface area contributed by atoms with Crippen molar-refractivity contribution in [3.05, 3.63) is 53.9 Å². The number of fused-ring (bicyclic) bond motifs is 1. The number of aromatic carboxylic acids is 1. The first-order valence-electron chi connectivity index (χ1n) is 10.4. The highest BCUT2D eigenvalue weighted by atomic mass is 16.5. The monoisotopic (exact) mass is 408 g/mol. The third-order valence-electron chi connectivity index (χ3n) is 5.92. The van der Waals surface area contributed by atoms with Gasteiger partial charge in [-0.3, -0.25) is 4.57 Å². The number of likely N-dealkylation sites (N-methyl/N-ethyl adjacent to an activating group) is 1. The Bertz CT molecular complexity index is 1050. The first kappa shape index (κ1) is 20.4. The van der Waals surface area contributed by atoms with E-state index in [1.165, 1.54) is 5.69 Å². The molecule has 1 atom stereocenters. The Labute approximate surface area is 176 Å². The van der Waals surface area contributed by atoms with Crippen LogP contribution in [0.2, 0.25) is 0 Å². The van der Waals surface area contributed by atoms with Crippen LogP contribution in [0.5, 0.6) is 0 Å². The molecule has 1 aliphatic rings. The van der Waals surface area contributed by atoms with Gasteiger partial charge in [-0.1, -0.05) is 13.0 Å². The third kappa shape index (κ3) is 3.78. The van der Waals surface area contributed by atoms with Crippen molar-refractivity contribution in [2.75, 3.05) is 44.7 Å². The molecule has 0 spiro atoms. The summed E-state index contributed by atoms with van der Waals surface area (Å²) in [5, 5.41) is 9.34. The van der Waals surface area contributed by atoms with Gasteiger partial charge in [0.15, 0.2) is 0 Å². The quantitative estimate of drug-likeness (QED) is 0.672. The van der Waals surface area contributed by atoms with Gasteiger partial charge in [0, 0.05) is 44.7 Å². The van der Waals surface area contributed by atoms with Gasteiger partial charge in [0.1, 0.15) is 11.9 Å². The van der Waals surface area contributed by atoms with Crippen molar-refractivity contribution >= 4 is 22.7 Å². The molecule has 2 aromatic carbocycles. The number of hydrogen-bond acceptors (Lipinski definition) is 5. The van der Waals surface area contributed by atoms with Crippen molar-refractivity contribution in [2.45, 2.75) is 20.0 Å². The van der Waals surface area contributed by atoms with E-state index in [-0.39, 0.29) is 11.7 Å². The number of anilines is 1. The van der Waals surface area contributed by atoms with Crippen LogP contribution in [-0.2, 0) is 4.74 Å². The van der Waals surface area contributed by atoms with Crippen molar-refractivity contribution in [1.82, 2.24) is 14.5 Å². The lowest BCUT2D eigenvalue weighted by Gasteiger charge is -2.35. The molecule has 1 N–H and O–H groups in total. The zero-order valence-electron chi connectivity index (χ0n) is 17.7. The number of nitrogens with zero attached hydrogens (tertiary/aromatic N) is 4. The van der Waals surface area contributed by atoms with Crippen molar-refractivity contribution in [1.29, 1.82) is 0 Å². The number of hydrogen-bond donors (Lipinski definition) is 1. The maximum atomic E-state index is 11.4. The second-order valence-electron chi connectivity index (χ2n) is 7.63. The predicted molar refractivity (Wildman–Crippen MR) is 118 cm³/mol. The summed E-state index contributed by atoms with van der Waals surface area (Å²) in [6.07, 6.45) is -0.234. The number of imidazole rings is 1. The summed E-state index contributed by atoms with van der Waals surface area (Å²) in [4.78, 5) is 21.0. The van der Waals surface area contributed by atoms with Crippen molar-refractivity contribution in [2.24, 2.45) is 0 Å². The lowest BCUT2D eigenvalue weighted by molar-refractivity contribution is 0.0697. The Hall–Kier alpha value is -2.90. The molecule has 1 aliphatic heterocycles. The minimum atomic E-state index is -0.957. The fourth-order valence-corrected chi connectivity index (χ4v) is 4.03. The van der Waals surface area contributed by atoms with E-state index in [1.807, 2.05) is 13.0 Å². The molecule has 1 unspecified atom stereocenters. The molecule has 1 saturated heterocycles. The third-order valence-corrected chi connectivity index (χ3v) is 5.92. The minimum Gasteiger partial charge on any atom is -0.478 e. The molecule has 30 heavy (non-hydrogen) atoms. The Morgan fingerprint density at radius 1 is 1.13 bits per heavy atom. The molecule has 0 saturated carbocycles. The largest absolute Gasteiger partial charge is 0.478 e. The second-order valence-corrected chi connectivity index (χ2v) is 7.63. The summed E-state index contributed by atoms with van der Waals surface area (Å²) in [5.41, 5.74) is 3.92. The number of aromatic nitrogens is 2. The number of benzene rings is 2. The Morgan fingerprint density at radius 2 is 1.87 bits per heavy atom. The zero-order valence-corrected chi connectivity index (χ0v) is 17.7. The van der Waals surface area contributed by atoms with E-state index in [9.17, 15) is 9.90 Å². The summed E-state index contributed by atoms with van der Waals surface area (Å²) >= 11 is 0. The van der Waals surface area contributed by atoms with Crippen LogP contribution in [0.3, 0.4) is 0 Å². The predicted octanol–water partition coefficient (Wildman–Crippen LogP) is 3.57. The lowest BCUT2D eigenvalue weighted by atomic mass is 10.2. The molecule has 0 bridgehead atoms. The molecule has 7 heteroatoms. The molecular formula is C23H28N4O3. The maximum Gasteiger partial charge on any atom is 0.335 e. The second kappa shape index (κ2) is 8.45. The number of rotatable bonds is 6.